The number of carbonyl (C=O) groups is 1. The van der Waals surface area contributed by atoms with E-state index in [4.69, 9.17) is 4.74 Å². The highest BCUT2D eigenvalue weighted by molar-refractivity contribution is 9.09. The Hall–Kier alpha value is -0.0900. The predicted octanol–water partition coefficient (Wildman–Crippen LogP) is 1.85. The Labute approximate surface area is 99.1 Å². The third-order valence-corrected chi connectivity index (χ3v) is 4.64. The number of carbonyl (C=O) groups excluding carboxylic acids is 1. The van der Waals surface area contributed by atoms with E-state index in [1.54, 1.807) is 0 Å². The number of alkyl halides is 1. The van der Waals surface area contributed by atoms with E-state index in [9.17, 15) is 4.79 Å². The minimum absolute atomic E-state index is 0.0507. The standard InChI is InChI=1S/C11H18BrNO2/c12-8-11(4-6-15-7-5-11)13-10(14)9-2-1-3-9/h9H,1-8H2,(H,13,14). The van der Waals surface area contributed by atoms with Crippen molar-refractivity contribution >= 4 is 21.8 Å². The smallest absolute Gasteiger partial charge is 0.223 e. The van der Waals surface area contributed by atoms with Crippen LogP contribution in [-0.4, -0.2) is 30.0 Å². The molecule has 1 saturated heterocycles. The summed E-state index contributed by atoms with van der Waals surface area (Å²) in [7, 11) is 0. The van der Waals surface area contributed by atoms with Crippen molar-refractivity contribution < 1.29 is 9.53 Å². The molecule has 86 valence electrons. The molecule has 1 N–H and O–H groups in total. The van der Waals surface area contributed by atoms with Crippen LogP contribution < -0.4 is 5.32 Å². The Morgan fingerprint density at radius 3 is 2.53 bits per heavy atom. The lowest BCUT2D eigenvalue weighted by Gasteiger charge is -2.38. The van der Waals surface area contributed by atoms with Gasteiger partial charge in [0.05, 0.1) is 5.54 Å². The highest BCUT2D eigenvalue weighted by atomic mass is 79.9. The van der Waals surface area contributed by atoms with Crippen LogP contribution in [0.1, 0.15) is 32.1 Å². The van der Waals surface area contributed by atoms with E-state index in [1.807, 2.05) is 0 Å². The number of hydrogen-bond donors (Lipinski definition) is 1. The van der Waals surface area contributed by atoms with Gasteiger partial charge < -0.3 is 10.1 Å². The van der Waals surface area contributed by atoms with Gasteiger partial charge in [0, 0.05) is 24.5 Å². The summed E-state index contributed by atoms with van der Waals surface area (Å²) in [6.07, 6.45) is 5.21. The molecule has 4 heteroatoms. The van der Waals surface area contributed by atoms with Crippen molar-refractivity contribution in [1.82, 2.24) is 5.32 Å². The van der Waals surface area contributed by atoms with Gasteiger partial charge in [-0.2, -0.15) is 0 Å². The lowest BCUT2D eigenvalue weighted by molar-refractivity contribution is -0.130. The van der Waals surface area contributed by atoms with Crippen LogP contribution in [-0.2, 0) is 9.53 Å². The molecule has 1 aliphatic carbocycles. The van der Waals surface area contributed by atoms with Crippen molar-refractivity contribution in [3.05, 3.63) is 0 Å². The Kier molecular flexibility index (Phi) is 3.67. The Morgan fingerprint density at radius 1 is 1.40 bits per heavy atom. The molecule has 15 heavy (non-hydrogen) atoms. The average Bonchev–Trinajstić information content (AvgIpc) is 2.16. The van der Waals surface area contributed by atoms with Gasteiger partial charge in [0.25, 0.3) is 0 Å². The van der Waals surface area contributed by atoms with Gasteiger partial charge in [0.2, 0.25) is 5.91 Å². The number of halogens is 1. The molecule has 1 saturated carbocycles. The molecule has 2 rings (SSSR count). The van der Waals surface area contributed by atoms with Crippen LogP contribution in [0.15, 0.2) is 0 Å². The predicted molar refractivity (Wildman–Crippen MR) is 62.1 cm³/mol. The summed E-state index contributed by atoms with van der Waals surface area (Å²) in [6, 6.07) is 0. The Bertz CT molecular complexity index is 235. The van der Waals surface area contributed by atoms with Crippen molar-refractivity contribution in [2.75, 3.05) is 18.5 Å². The Morgan fingerprint density at radius 2 is 2.07 bits per heavy atom. The van der Waals surface area contributed by atoms with E-state index in [0.717, 1.165) is 44.2 Å². The largest absolute Gasteiger partial charge is 0.381 e. The third-order valence-electron chi connectivity index (χ3n) is 3.57. The van der Waals surface area contributed by atoms with Crippen LogP contribution >= 0.6 is 15.9 Å². The molecule has 1 amide bonds. The second-order valence-corrected chi connectivity index (χ2v) is 5.20. The summed E-state index contributed by atoms with van der Waals surface area (Å²) in [5.41, 5.74) is -0.0507. The minimum Gasteiger partial charge on any atom is -0.381 e. The van der Waals surface area contributed by atoms with Gasteiger partial charge >= 0.3 is 0 Å². The zero-order chi connectivity index (χ0) is 10.7. The molecule has 1 aliphatic heterocycles. The average molecular weight is 276 g/mol. The topological polar surface area (TPSA) is 38.3 Å². The zero-order valence-electron chi connectivity index (χ0n) is 8.93. The highest BCUT2D eigenvalue weighted by Gasteiger charge is 2.36. The van der Waals surface area contributed by atoms with Crippen molar-refractivity contribution in [3.63, 3.8) is 0 Å². The molecule has 0 radical (unpaired) electrons. The molecule has 0 aromatic rings. The highest BCUT2D eigenvalue weighted by Crippen LogP contribution is 2.29. The maximum absolute atomic E-state index is 11.9. The fraction of sp³-hybridized carbons (Fsp3) is 0.909. The van der Waals surface area contributed by atoms with Gasteiger partial charge in [-0.1, -0.05) is 22.4 Å². The van der Waals surface area contributed by atoms with Gasteiger partial charge in [-0.25, -0.2) is 0 Å². The number of amides is 1. The molecule has 0 atom stereocenters. The normalized spacial score (nSPS) is 25.7. The van der Waals surface area contributed by atoms with E-state index >= 15 is 0 Å². The molecule has 0 spiro atoms. The van der Waals surface area contributed by atoms with Crippen LogP contribution in [0, 0.1) is 5.92 Å². The number of nitrogens with one attached hydrogen (secondary N) is 1. The first-order valence-electron chi connectivity index (χ1n) is 5.71. The lowest BCUT2D eigenvalue weighted by Crippen LogP contribution is -2.55. The van der Waals surface area contributed by atoms with E-state index in [2.05, 4.69) is 21.2 Å². The summed E-state index contributed by atoms with van der Waals surface area (Å²) in [6.45, 7) is 1.52. The molecule has 2 fully saturated rings. The SMILES string of the molecule is O=C(NC1(CBr)CCOCC1)C1CCC1. The minimum atomic E-state index is -0.0507. The van der Waals surface area contributed by atoms with Gasteiger partial charge in [0.15, 0.2) is 0 Å². The van der Waals surface area contributed by atoms with E-state index in [1.165, 1.54) is 6.42 Å². The molecular formula is C11H18BrNO2. The second-order valence-electron chi connectivity index (χ2n) is 4.64. The van der Waals surface area contributed by atoms with E-state index < -0.39 is 0 Å². The van der Waals surface area contributed by atoms with E-state index in [0.29, 0.717) is 0 Å². The van der Waals surface area contributed by atoms with Crippen molar-refractivity contribution in [1.29, 1.82) is 0 Å². The zero-order valence-corrected chi connectivity index (χ0v) is 10.5. The first kappa shape index (κ1) is 11.4. The molecule has 0 bridgehead atoms. The molecule has 0 unspecified atom stereocenters. The van der Waals surface area contributed by atoms with Crippen LogP contribution in [0.5, 0.6) is 0 Å². The first-order chi connectivity index (χ1) is 7.26. The number of hydrogen-bond acceptors (Lipinski definition) is 2. The quantitative estimate of drug-likeness (QED) is 0.799. The summed E-state index contributed by atoms with van der Waals surface area (Å²) >= 11 is 3.52. The number of rotatable bonds is 3. The maximum Gasteiger partial charge on any atom is 0.223 e. The fourth-order valence-corrected chi connectivity index (χ4v) is 2.79. The van der Waals surface area contributed by atoms with Crippen molar-refractivity contribution in [2.24, 2.45) is 5.92 Å². The van der Waals surface area contributed by atoms with Gasteiger partial charge in [-0.05, 0) is 25.7 Å². The summed E-state index contributed by atoms with van der Waals surface area (Å²) in [5.74, 6) is 0.534. The third kappa shape index (κ3) is 2.53. The molecule has 2 aliphatic rings. The maximum atomic E-state index is 11.9. The monoisotopic (exact) mass is 275 g/mol. The van der Waals surface area contributed by atoms with Crippen LogP contribution in [0.3, 0.4) is 0 Å². The van der Waals surface area contributed by atoms with Crippen molar-refractivity contribution in [2.45, 2.75) is 37.6 Å². The fourth-order valence-electron chi connectivity index (χ4n) is 2.09. The van der Waals surface area contributed by atoms with Gasteiger partial charge in [-0.3, -0.25) is 4.79 Å². The Balaban J connectivity index is 1.90. The molecule has 3 nitrogen and oxygen atoms in total. The van der Waals surface area contributed by atoms with Crippen molar-refractivity contribution in [3.8, 4) is 0 Å². The van der Waals surface area contributed by atoms with Gasteiger partial charge in [-0.15, -0.1) is 0 Å². The first-order valence-corrected chi connectivity index (χ1v) is 6.84. The summed E-state index contributed by atoms with van der Waals surface area (Å²) in [4.78, 5) is 11.9. The van der Waals surface area contributed by atoms with Crippen LogP contribution in [0.4, 0.5) is 0 Å². The van der Waals surface area contributed by atoms with Crippen LogP contribution in [0.2, 0.25) is 0 Å². The van der Waals surface area contributed by atoms with Crippen LogP contribution in [0.25, 0.3) is 0 Å². The van der Waals surface area contributed by atoms with E-state index in [-0.39, 0.29) is 17.4 Å². The lowest BCUT2D eigenvalue weighted by atomic mass is 9.83. The molecule has 0 aromatic heterocycles. The molecule has 1 heterocycles. The summed E-state index contributed by atoms with van der Waals surface area (Å²) in [5, 5.41) is 4.05. The molecule has 0 aromatic carbocycles. The van der Waals surface area contributed by atoms with Gasteiger partial charge in [0.1, 0.15) is 0 Å². The number of ether oxygens (including phenoxy) is 1. The second kappa shape index (κ2) is 4.83. The summed E-state index contributed by atoms with van der Waals surface area (Å²) < 4.78 is 5.34. The molecular weight excluding hydrogens is 258 g/mol.